The summed E-state index contributed by atoms with van der Waals surface area (Å²) in [5, 5.41) is 3.85. The molecular weight excluding hydrogens is 248 g/mol. The van der Waals surface area contributed by atoms with Gasteiger partial charge in [0.1, 0.15) is 0 Å². The second kappa shape index (κ2) is 6.33. The van der Waals surface area contributed by atoms with Crippen molar-refractivity contribution in [1.82, 2.24) is 10.2 Å². The first-order chi connectivity index (χ1) is 9.62. The highest BCUT2D eigenvalue weighted by atomic mass is 16.5. The topological polar surface area (TPSA) is 24.5 Å². The lowest BCUT2D eigenvalue weighted by molar-refractivity contribution is 0.0509. The molecule has 1 N–H and O–H groups in total. The molecule has 0 radical (unpaired) electrons. The maximum Gasteiger partial charge on any atom is 0.0468 e. The molecule has 0 aromatic heterocycles. The molecule has 0 aromatic carbocycles. The zero-order chi connectivity index (χ0) is 14.0. The third-order valence-corrected chi connectivity index (χ3v) is 5.33. The van der Waals surface area contributed by atoms with Crippen LogP contribution < -0.4 is 5.32 Å². The van der Waals surface area contributed by atoms with E-state index in [9.17, 15) is 0 Å². The van der Waals surface area contributed by atoms with E-state index in [1.54, 1.807) is 0 Å². The van der Waals surface area contributed by atoms with Crippen molar-refractivity contribution in [3.63, 3.8) is 0 Å². The number of ether oxygens (including phenoxy) is 1. The Hall–Kier alpha value is -0.120. The van der Waals surface area contributed by atoms with Gasteiger partial charge in [0.25, 0.3) is 0 Å². The van der Waals surface area contributed by atoms with E-state index < -0.39 is 0 Å². The van der Waals surface area contributed by atoms with Gasteiger partial charge in [-0.2, -0.15) is 0 Å². The van der Waals surface area contributed by atoms with Crippen LogP contribution in [-0.4, -0.2) is 49.8 Å². The molecule has 0 amide bonds. The van der Waals surface area contributed by atoms with E-state index in [2.05, 4.69) is 24.1 Å². The van der Waals surface area contributed by atoms with Gasteiger partial charge in [-0.05, 0) is 49.9 Å². The van der Waals surface area contributed by atoms with Crippen LogP contribution in [0.2, 0.25) is 0 Å². The zero-order valence-corrected chi connectivity index (χ0v) is 13.4. The summed E-state index contributed by atoms with van der Waals surface area (Å²) in [5.74, 6) is 0.882. The molecule has 116 valence electrons. The predicted octanol–water partition coefficient (Wildman–Crippen LogP) is 2.66. The summed E-state index contributed by atoms with van der Waals surface area (Å²) in [5.41, 5.74) is 0.426. The molecular formula is C17H32N2O. The highest BCUT2D eigenvalue weighted by Gasteiger charge is 2.35. The van der Waals surface area contributed by atoms with Gasteiger partial charge in [-0.1, -0.05) is 13.8 Å². The summed E-state index contributed by atoms with van der Waals surface area (Å²) in [6.45, 7) is 10.6. The first-order valence-corrected chi connectivity index (χ1v) is 8.68. The van der Waals surface area contributed by atoms with E-state index in [1.165, 1.54) is 58.2 Å². The molecule has 0 bridgehead atoms. The Morgan fingerprint density at radius 1 is 1.10 bits per heavy atom. The first-order valence-electron chi connectivity index (χ1n) is 8.68. The summed E-state index contributed by atoms with van der Waals surface area (Å²) in [4.78, 5) is 2.70. The molecule has 3 rings (SSSR count). The minimum absolute atomic E-state index is 0.426. The minimum atomic E-state index is 0.426. The SMILES string of the molecule is CC(C)(CN[C@H]1CCN(C2CC2)C1)CC1CCOCC1. The van der Waals surface area contributed by atoms with Crippen LogP contribution in [0.15, 0.2) is 0 Å². The van der Waals surface area contributed by atoms with Gasteiger partial charge in [-0.3, -0.25) is 4.90 Å². The maximum atomic E-state index is 5.47. The fourth-order valence-electron chi connectivity index (χ4n) is 3.95. The normalized spacial score (nSPS) is 30.0. The van der Waals surface area contributed by atoms with Crippen molar-refractivity contribution in [2.45, 2.75) is 64.5 Å². The molecule has 1 atom stereocenters. The molecule has 0 spiro atoms. The Balaban J connectivity index is 1.37. The standard InChI is InChI=1S/C17H32N2O/c1-17(2,11-14-6-9-20-10-7-14)13-18-15-5-8-19(12-15)16-3-4-16/h14-16,18H,3-13H2,1-2H3/t15-/m0/s1. The Bertz CT molecular complexity index is 308. The average molecular weight is 280 g/mol. The molecule has 3 nitrogen and oxygen atoms in total. The monoisotopic (exact) mass is 280 g/mol. The highest BCUT2D eigenvalue weighted by molar-refractivity contribution is 4.92. The Morgan fingerprint density at radius 2 is 1.85 bits per heavy atom. The van der Waals surface area contributed by atoms with Crippen molar-refractivity contribution >= 4 is 0 Å². The third kappa shape index (κ3) is 4.19. The zero-order valence-electron chi connectivity index (χ0n) is 13.4. The lowest BCUT2D eigenvalue weighted by atomic mass is 9.79. The second-order valence-corrected chi connectivity index (χ2v) is 8.02. The van der Waals surface area contributed by atoms with Crippen LogP contribution >= 0.6 is 0 Å². The smallest absolute Gasteiger partial charge is 0.0468 e. The summed E-state index contributed by atoms with van der Waals surface area (Å²) in [6.07, 6.45) is 8.13. The van der Waals surface area contributed by atoms with Gasteiger partial charge in [0, 0.05) is 44.9 Å². The van der Waals surface area contributed by atoms with E-state index >= 15 is 0 Å². The molecule has 2 aliphatic heterocycles. The van der Waals surface area contributed by atoms with Crippen LogP contribution in [0, 0.1) is 11.3 Å². The molecule has 0 aromatic rings. The first kappa shape index (κ1) is 14.8. The van der Waals surface area contributed by atoms with E-state index in [0.29, 0.717) is 5.41 Å². The molecule has 3 heteroatoms. The Labute approximate surface area is 124 Å². The molecule has 3 fully saturated rings. The summed E-state index contributed by atoms with van der Waals surface area (Å²) < 4.78 is 5.47. The fourth-order valence-corrected chi connectivity index (χ4v) is 3.95. The second-order valence-electron chi connectivity index (χ2n) is 8.02. The fraction of sp³-hybridized carbons (Fsp3) is 1.00. The number of likely N-dealkylation sites (tertiary alicyclic amines) is 1. The lowest BCUT2D eigenvalue weighted by Gasteiger charge is -2.33. The van der Waals surface area contributed by atoms with E-state index in [4.69, 9.17) is 4.74 Å². The summed E-state index contributed by atoms with van der Waals surface area (Å²) >= 11 is 0. The number of hydrogen-bond acceptors (Lipinski definition) is 3. The molecule has 2 saturated heterocycles. The lowest BCUT2D eigenvalue weighted by Crippen LogP contribution is -2.40. The van der Waals surface area contributed by atoms with Crippen LogP contribution in [0.5, 0.6) is 0 Å². The Kier molecular flexibility index (Phi) is 4.68. The van der Waals surface area contributed by atoms with Crippen LogP contribution in [-0.2, 0) is 4.74 Å². The van der Waals surface area contributed by atoms with Crippen LogP contribution in [0.1, 0.15) is 52.4 Å². The van der Waals surface area contributed by atoms with Gasteiger partial charge >= 0.3 is 0 Å². The maximum absolute atomic E-state index is 5.47. The summed E-state index contributed by atoms with van der Waals surface area (Å²) in [6, 6.07) is 1.68. The van der Waals surface area contributed by atoms with Crippen molar-refractivity contribution in [1.29, 1.82) is 0 Å². The number of hydrogen-bond donors (Lipinski definition) is 1. The third-order valence-electron chi connectivity index (χ3n) is 5.33. The van der Waals surface area contributed by atoms with Crippen LogP contribution in [0.3, 0.4) is 0 Å². The molecule has 1 saturated carbocycles. The van der Waals surface area contributed by atoms with Crippen molar-refractivity contribution < 1.29 is 4.74 Å². The molecule has 20 heavy (non-hydrogen) atoms. The van der Waals surface area contributed by atoms with Gasteiger partial charge in [0.05, 0.1) is 0 Å². The van der Waals surface area contributed by atoms with Crippen LogP contribution in [0.4, 0.5) is 0 Å². The van der Waals surface area contributed by atoms with E-state index in [-0.39, 0.29) is 0 Å². The van der Waals surface area contributed by atoms with E-state index in [0.717, 1.165) is 31.2 Å². The van der Waals surface area contributed by atoms with Crippen molar-refractivity contribution in [2.75, 3.05) is 32.8 Å². The number of rotatable bonds is 6. The largest absolute Gasteiger partial charge is 0.381 e. The summed E-state index contributed by atoms with van der Waals surface area (Å²) in [7, 11) is 0. The van der Waals surface area contributed by atoms with Gasteiger partial charge in [-0.15, -0.1) is 0 Å². The van der Waals surface area contributed by atoms with Gasteiger partial charge in [0.2, 0.25) is 0 Å². The van der Waals surface area contributed by atoms with Gasteiger partial charge in [0.15, 0.2) is 0 Å². The molecule has 0 unspecified atom stereocenters. The molecule has 2 heterocycles. The van der Waals surface area contributed by atoms with Crippen molar-refractivity contribution in [3.8, 4) is 0 Å². The predicted molar refractivity (Wildman–Crippen MR) is 82.9 cm³/mol. The average Bonchev–Trinajstić information content (AvgIpc) is 3.16. The number of nitrogens with one attached hydrogen (secondary N) is 1. The quantitative estimate of drug-likeness (QED) is 0.809. The van der Waals surface area contributed by atoms with Gasteiger partial charge in [-0.25, -0.2) is 0 Å². The molecule has 3 aliphatic rings. The van der Waals surface area contributed by atoms with Crippen molar-refractivity contribution in [3.05, 3.63) is 0 Å². The number of nitrogens with zero attached hydrogens (tertiary/aromatic N) is 1. The van der Waals surface area contributed by atoms with Crippen LogP contribution in [0.25, 0.3) is 0 Å². The molecule has 1 aliphatic carbocycles. The van der Waals surface area contributed by atoms with Gasteiger partial charge < -0.3 is 10.1 Å². The van der Waals surface area contributed by atoms with Crippen molar-refractivity contribution in [2.24, 2.45) is 11.3 Å². The van der Waals surface area contributed by atoms with E-state index in [1.807, 2.05) is 0 Å². The Morgan fingerprint density at radius 3 is 2.55 bits per heavy atom. The highest BCUT2D eigenvalue weighted by Crippen LogP contribution is 2.32. The minimum Gasteiger partial charge on any atom is -0.381 e.